The van der Waals surface area contributed by atoms with E-state index in [0.29, 0.717) is 102 Å². The normalized spacial score (nSPS) is 22.8. The highest BCUT2D eigenvalue weighted by atomic mass is 16.3. The van der Waals surface area contributed by atoms with Gasteiger partial charge in [0.15, 0.2) is 5.82 Å². The lowest BCUT2D eigenvalue weighted by Gasteiger charge is -2.47. The van der Waals surface area contributed by atoms with Crippen LogP contribution >= 0.6 is 0 Å². The van der Waals surface area contributed by atoms with Gasteiger partial charge in [0.1, 0.15) is 11.5 Å². The Morgan fingerprint density at radius 1 is 0.867 bits per heavy atom. The standard InChI is InChI=1S/C57H67N11O7/c1-7-48(70)60-42-28-36(59-50-55(74)62(6)32-43(61-50)39-15-20-58-51(41(39)33-69)67-26-25-66-46(53(67)72)27-35-29-56(3,4)30-47(35)66)11-12-44(42)65-24-23-64(31-34(65)2)37-16-21-63(22-17-37)45-10-8-9-40-49(45)54(73)68(52(40)71)38-13-18-57(5,75)19-14-38/h7-12,15,20,27-28,32,34,37-38,69,75H,1,13-14,16-19,21-26,29-31,33H2,2-6H3,(H,59,61)(H,60,70)/t34-,38?,57?/m0/s1. The average Bonchev–Trinajstić information content (AvgIpc) is 3.99. The van der Waals surface area contributed by atoms with E-state index in [2.05, 4.69) is 62.2 Å². The number of amides is 4. The van der Waals surface area contributed by atoms with Gasteiger partial charge in [-0.15, -0.1) is 0 Å². The lowest BCUT2D eigenvalue weighted by atomic mass is 9.83. The minimum absolute atomic E-state index is 0.0255. The summed E-state index contributed by atoms with van der Waals surface area (Å²) < 4.78 is 3.56. The second-order valence-corrected chi connectivity index (χ2v) is 22.6. The van der Waals surface area contributed by atoms with Crippen molar-refractivity contribution in [2.24, 2.45) is 12.5 Å². The van der Waals surface area contributed by atoms with Gasteiger partial charge in [-0.25, -0.2) is 9.97 Å². The van der Waals surface area contributed by atoms with Crippen molar-refractivity contribution in [2.75, 3.05) is 64.6 Å². The van der Waals surface area contributed by atoms with Gasteiger partial charge in [-0.1, -0.05) is 26.5 Å². The first-order valence-corrected chi connectivity index (χ1v) is 26.5. The smallest absolute Gasteiger partial charge is 0.293 e. The highest BCUT2D eigenvalue weighted by molar-refractivity contribution is 6.24. The Hall–Kier alpha value is -7.15. The van der Waals surface area contributed by atoms with Gasteiger partial charge in [0.2, 0.25) is 5.91 Å². The molecular formula is C57H67N11O7. The van der Waals surface area contributed by atoms with Crippen LogP contribution in [0.15, 0.2) is 78.4 Å². The van der Waals surface area contributed by atoms with E-state index in [1.54, 1.807) is 42.5 Å². The molecule has 11 rings (SSSR count). The number of imide groups is 1. The number of fused-ring (bicyclic) bond motifs is 4. The fourth-order valence-corrected chi connectivity index (χ4v) is 12.8. The molecule has 4 aliphatic heterocycles. The molecular weight excluding hydrogens is 951 g/mol. The second-order valence-electron chi connectivity index (χ2n) is 22.6. The number of aliphatic hydroxyl groups excluding tert-OH is 1. The van der Waals surface area contributed by atoms with Gasteiger partial charge >= 0.3 is 0 Å². The van der Waals surface area contributed by atoms with Crippen molar-refractivity contribution in [3.8, 4) is 11.3 Å². The zero-order chi connectivity index (χ0) is 52.7. The number of nitrogens with one attached hydrogen (secondary N) is 2. The molecule has 7 heterocycles. The number of benzene rings is 2. The Morgan fingerprint density at radius 3 is 2.37 bits per heavy atom. The van der Waals surface area contributed by atoms with Crippen LogP contribution < -0.4 is 30.9 Å². The maximum atomic E-state index is 14.1. The summed E-state index contributed by atoms with van der Waals surface area (Å²) in [6.07, 6.45) is 10.3. The lowest BCUT2D eigenvalue weighted by molar-refractivity contribution is -0.111. The number of aromatic nitrogens is 4. The zero-order valence-electron chi connectivity index (χ0n) is 43.6. The predicted molar refractivity (Wildman–Crippen MR) is 288 cm³/mol. The highest BCUT2D eigenvalue weighted by Crippen LogP contribution is 2.42. The number of nitrogens with zero attached hydrogens (tertiary/aromatic N) is 9. The van der Waals surface area contributed by atoms with Gasteiger partial charge in [-0.3, -0.25) is 38.7 Å². The van der Waals surface area contributed by atoms with Gasteiger partial charge in [-0.2, -0.15) is 0 Å². The Kier molecular flexibility index (Phi) is 12.8. The summed E-state index contributed by atoms with van der Waals surface area (Å²) >= 11 is 0. The molecule has 392 valence electrons. The Balaban J connectivity index is 0.774. The van der Waals surface area contributed by atoms with Crippen LogP contribution in [0, 0.1) is 5.41 Å². The molecule has 2 aliphatic carbocycles. The molecule has 75 heavy (non-hydrogen) atoms. The molecule has 0 spiro atoms. The number of pyridine rings is 1. The largest absolute Gasteiger partial charge is 0.392 e. The van der Waals surface area contributed by atoms with Crippen LogP contribution in [-0.2, 0) is 37.8 Å². The molecule has 2 aromatic carbocycles. The van der Waals surface area contributed by atoms with E-state index in [1.807, 2.05) is 37.3 Å². The van der Waals surface area contributed by atoms with E-state index in [1.165, 1.54) is 26.8 Å². The number of hydrogen-bond acceptors (Lipinski definition) is 13. The van der Waals surface area contributed by atoms with E-state index in [0.717, 1.165) is 63.2 Å². The molecule has 5 aromatic rings. The number of aryl methyl sites for hydroxylation is 1. The summed E-state index contributed by atoms with van der Waals surface area (Å²) in [4.78, 5) is 88.0. The average molecular weight is 1020 g/mol. The van der Waals surface area contributed by atoms with Gasteiger partial charge in [0.25, 0.3) is 23.3 Å². The molecule has 0 unspecified atom stereocenters. The first-order chi connectivity index (χ1) is 35.9. The van der Waals surface area contributed by atoms with Crippen LogP contribution in [0.5, 0.6) is 0 Å². The van der Waals surface area contributed by atoms with E-state index in [9.17, 15) is 34.2 Å². The fraction of sp³-hybridized carbons (Fsp3) is 0.456. The maximum absolute atomic E-state index is 14.1. The maximum Gasteiger partial charge on any atom is 0.293 e. The number of carbonyl (C=O) groups is 4. The first-order valence-electron chi connectivity index (χ1n) is 26.5. The molecule has 3 fully saturated rings. The predicted octanol–water partition coefficient (Wildman–Crippen LogP) is 6.26. The monoisotopic (exact) mass is 1020 g/mol. The molecule has 1 saturated carbocycles. The van der Waals surface area contributed by atoms with Crippen LogP contribution in [0.4, 0.5) is 34.4 Å². The third-order valence-electron chi connectivity index (χ3n) is 16.7. The fourth-order valence-electron chi connectivity index (χ4n) is 12.8. The topological polar surface area (TPSA) is 202 Å². The molecule has 4 amide bonds. The molecule has 18 nitrogen and oxygen atoms in total. The van der Waals surface area contributed by atoms with Crippen LogP contribution in [0.25, 0.3) is 11.3 Å². The molecule has 4 N–H and O–H groups in total. The van der Waals surface area contributed by atoms with Gasteiger partial charge in [0.05, 0.1) is 46.1 Å². The van der Waals surface area contributed by atoms with E-state index in [4.69, 9.17) is 4.98 Å². The van der Waals surface area contributed by atoms with E-state index >= 15 is 0 Å². The van der Waals surface area contributed by atoms with Gasteiger partial charge in [0, 0.05) is 106 Å². The molecule has 2 saturated heterocycles. The van der Waals surface area contributed by atoms with Crippen molar-refractivity contribution in [2.45, 2.75) is 116 Å². The molecule has 18 heteroatoms. The van der Waals surface area contributed by atoms with Gasteiger partial charge in [-0.05, 0) is 125 Å². The Labute approximate surface area is 436 Å². The highest BCUT2D eigenvalue weighted by Gasteiger charge is 2.45. The Morgan fingerprint density at radius 2 is 1.64 bits per heavy atom. The number of piperidine rings is 1. The second kappa shape index (κ2) is 19.2. The SMILES string of the molecule is C=CC(=O)Nc1cc(Nc2nc(-c3ccnc(N4CCn5c(cc6c5CC(C)(C)C6)C4=O)c3CO)cn(C)c2=O)ccc1N1CCN(C2CCN(c3cccc4c3C(=O)N(C3CCC(C)(O)CC3)C4=O)CC2)C[C@@H]1C. The van der Waals surface area contributed by atoms with E-state index < -0.39 is 17.8 Å². The van der Waals surface area contributed by atoms with Crippen molar-refractivity contribution < 1.29 is 29.4 Å². The number of aliphatic hydroxyl groups is 2. The summed E-state index contributed by atoms with van der Waals surface area (Å²) in [5, 5.41) is 27.6. The molecule has 0 radical (unpaired) electrons. The van der Waals surface area contributed by atoms with Crippen molar-refractivity contribution in [1.82, 2.24) is 28.9 Å². The van der Waals surface area contributed by atoms with Crippen molar-refractivity contribution >= 4 is 58.0 Å². The Bertz CT molecular complexity index is 3210. The minimum Gasteiger partial charge on any atom is -0.392 e. The quantitative estimate of drug-likeness (QED) is 0.0855. The third-order valence-corrected chi connectivity index (χ3v) is 16.7. The van der Waals surface area contributed by atoms with Gasteiger partial charge < -0.3 is 39.8 Å². The third kappa shape index (κ3) is 9.09. The van der Waals surface area contributed by atoms with Crippen LogP contribution in [-0.4, -0.2) is 126 Å². The lowest BCUT2D eigenvalue weighted by Crippen LogP contribution is -2.57. The summed E-state index contributed by atoms with van der Waals surface area (Å²) in [6, 6.07) is 15.1. The summed E-state index contributed by atoms with van der Waals surface area (Å²) in [7, 11) is 1.63. The number of hydrogen-bond donors (Lipinski definition) is 4. The van der Waals surface area contributed by atoms with Crippen molar-refractivity contribution in [3.05, 3.63) is 118 Å². The number of piperazine rings is 1. The minimum atomic E-state index is -0.767. The summed E-state index contributed by atoms with van der Waals surface area (Å²) in [6.45, 7) is 16.5. The summed E-state index contributed by atoms with van der Waals surface area (Å²) in [5.74, 6) is -0.644. The molecule has 6 aliphatic rings. The number of rotatable bonds is 11. The van der Waals surface area contributed by atoms with E-state index in [-0.39, 0.29) is 46.9 Å². The van der Waals surface area contributed by atoms with Crippen molar-refractivity contribution in [3.63, 3.8) is 0 Å². The number of anilines is 6. The molecule has 3 aromatic heterocycles. The molecule has 0 bridgehead atoms. The first kappa shape index (κ1) is 50.0. The van der Waals surface area contributed by atoms with Crippen LogP contribution in [0.3, 0.4) is 0 Å². The van der Waals surface area contributed by atoms with Crippen LogP contribution in [0.2, 0.25) is 0 Å². The molecule has 1 atom stereocenters. The van der Waals surface area contributed by atoms with Crippen molar-refractivity contribution in [1.29, 1.82) is 0 Å². The zero-order valence-corrected chi connectivity index (χ0v) is 43.6. The number of carbonyl (C=O) groups excluding carboxylic acids is 4. The summed E-state index contributed by atoms with van der Waals surface area (Å²) in [5.41, 5.74) is 7.04. The van der Waals surface area contributed by atoms with Crippen LogP contribution in [0.1, 0.15) is 114 Å².